The second-order valence-corrected chi connectivity index (χ2v) is 12.5. The van der Waals surface area contributed by atoms with Crippen molar-refractivity contribution in [3.63, 3.8) is 0 Å². The summed E-state index contributed by atoms with van der Waals surface area (Å²) in [5, 5.41) is 13.2. The lowest BCUT2D eigenvalue weighted by atomic mass is 9.93. The molecule has 8 rings (SSSR count). The predicted octanol–water partition coefficient (Wildman–Crippen LogP) is 12.1. The molecule has 0 saturated carbocycles. The van der Waals surface area contributed by atoms with Crippen molar-refractivity contribution in [3.8, 4) is 28.6 Å². The number of hydrogen-bond acceptors (Lipinski definition) is 1. The highest BCUT2D eigenvalue weighted by atomic mass is 19.4. The lowest BCUT2D eigenvalue weighted by Gasteiger charge is -2.22. The zero-order chi connectivity index (χ0) is 35.1. The van der Waals surface area contributed by atoms with Crippen LogP contribution in [0.4, 0.5) is 26.3 Å². The largest absolute Gasteiger partial charge is 0.416 e. The summed E-state index contributed by atoms with van der Waals surface area (Å²) in [6.45, 7) is 3.59. The van der Waals surface area contributed by atoms with Crippen LogP contribution in [0.1, 0.15) is 27.8 Å². The summed E-state index contributed by atoms with van der Waals surface area (Å²) < 4.78 is 87.5. The molecule has 0 aliphatic carbocycles. The molecule has 0 N–H and O–H groups in total. The number of nitrogens with zero attached hydrogens (tertiary/aromatic N) is 3. The molecule has 246 valence electrons. The van der Waals surface area contributed by atoms with Crippen LogP contribution in [-0.4, -0.2) is 9.13 Å². The summed E-state index contributed by atoms with van der Waals surface area (Å²) in [6, 6.07) is 33.6. The van der Waals surface area contributed by atoms with E-state index in [1.165, 1.54) is 12.1 Å². The molecular weight excluding hydrogens is 648 g/mol. The number of hydrogen-bond donors (Lipinski definition) is 0. The zero-order valence-electron chi connectivity index (χ0n) is 26.6. The monoisotopic (exact) mass is 673 g/mol. The summed E-state index contributed by atoms with van der Waals surface area (Å²) >= 11 is 0. The van der Waals surface area contributed by atoms with Gasteiger partial charge in [-0.15, -0.1) is 0 Å². The molecule has 8 aromatic rings. The summed E-state index contributed by atoms with van der Waals surface area (Å²) in [5.74, 6) is 0. The molecular formula is C41H25F6N3. The average Bonchev–Trinajstić information content (AvgIpc) is 3.59. The lowest BCUT2D eigenvalue weighted by Crippen LogP contribution is -2.08. The Bertz CT molecular complexity index is 2720. The van der Waals surface area contributed by atoms with Crippen molar-refractivity contribution in [3.05, 3.63) is 143 Å². The van der Waals surface area contributed by atoms with Crippen molar-refractivity contribution >= 4 is 43.6 Å². The first-order valence-electron chi connectivity index (χ1n) is 15.7. The summed E-state index contributed by atoms with van der Waals surface area (Å²) in [4.78, 5) is 0. The average molecular weight is 674 g/mol. The first-order valence-corrected chi connectivity index (χ1v) is 15.7. The van der Waals surface area contributed by atoms with Crippen molar-refractivity contribution in [1.82, 2.24) is 9.13 Å². The first-order chi connectivity index (χ1) is 23.8. The maximum Gasteiger partial charge on any atom is 0.416 e. The SMILES string of the molecule is Cc1ccc2c(c1)c1ccccc1n2-c1cc(C#N)cc(-n2c3ccccc3c3cc(C(F)(F)F)ccc32)c1-c1ccc(C(F)(F)F)cc1C. The van der Waals surface area contributed by atoms with Gasteiger partial charge in [0.1, 0.15) is 0 Å². The van der Waals surface area contributed by atoms with Gasteiger partial charge in [0.15, 0.2) is 0 Å². The van der Waals surface area contributed by atoms with Gasteiger partial charge in [-0.05, 0) is 91.7 Å². The first kappa shape index (κ1) is 31.3. The van der Waals surface area contributed by atoms with Crippen LogP contribution in [0.15, 0.2) is 115 Å². The minimum absolute atomic E-state index is 0.263. The van der Waals surface area contributed by atoms with Crippen LogP contribution >= 0.6 is 0 Å². The molecule has 0 atom stereocenters. The number of rotatable bonds is 3. The molecule has 2 heterocycles. The molecule has 50 heavy (non-hydrogen) atoms. The van der Waals surface area contributed by atoms with Crippen LogP contribution < -0.4 is 0 Å². The van der Waals surface area contributed by atoms with Gasteiger partial charge in [-0.25, -0.2) is 0 Å². The Morgan fingerprint density at radius 3 is 1.54 bits per heavy atom. The van der Waals surface area contributed by atoms with Crippen LogP contribution in [0.25, 0.3) is 66.1 Å². The van der Waals surface area contributed by atoms with E-state index >= 15 is 0 Å². The normalized spacial score (nSPS) is 12.4. The molecule has 0 aliphatic rings. The number of aryl methyl sites for hydroxylation is 2. The Kier molecular flexibility index (Phi) is 6.88. The van der Waals surface area contributed by atoms with Gasteiger partial charge >= 0.3 is 12.4 Å². The Balaban J connectivity index is 1.58. The molecule has 0 fully saturated rings. The Labute approximate surface area is 281 Å². The standard InChI is InChI=1S/C41H25F6N3/c1-23-11-15-35-31(17-23)29-7-3-5-9-33(29)49(35)37-19-25(22-48)20-38(39(37)28-14-12-26(18-24(28)2)40(42,43)44)50-34-10-6-4-8-30(34)32-21-27(41(45,46)47)13-16-36(32)50/h3-21H,1-2H3. The van der Waals surface area contributed by atoms with Crippen molar-refractivity contribution in [2.45, 2.75) is 26.2 Å². The minimum atomic E-state index is -4.58. The number of nitriles is 1. The third kappa shape index (κ3) is 4.82. The number of benzene rings is 6. The number of alkyl halides is 6. The van der Waals surface area contributed by atoms with Gasteiger partial charge in [0.2, 0.25) is 0 Å². The van der Waals surface area contributed by atoms with Gasteiger partial charge in [0.05, 0.1) is 56.2 Å². The molecule has 0 radical (unpaired) electrons. The summed E-state index contributed by atoms with van der Waals surface area (Å²) in [6.07, 6.45) is -9.16. The number of para-hydroxylation sites is 2. The molecule has 9 heteroatoms. The Hall–Kier alpha value is -6.01. The van der Waals surface area contributed by atoms with E-state index in [1.54, 1.807) is 47.9 Å². The quantitative estimate of drug-likeness (QED) is 0.172. The fraction of sp³-hybridized carbons (Fsp3) is 0.0976. The fourth-order valence-electron chi connectivity index (χ4n) is 7.18. The summed E-state index contributed by atoms with van der Waals surface area (Å²) in [7, 11) is 0. The molecule has 2 aromatic heterocycles. The van der Waals surface area contributed by atoms with Gasteiger partial charge < -0.3 is 9.13 Å². The van der Waals surface area contributed by atoms with E-state index in [1.807, 2.05) is 47.9 Å². The van der Waals surface area contributed by atoms with Gasteiger partial charge in [-0.3, -0.25) is 0 Å². The van der Waals surface area contributed by atoms with Gasteiger partial charge in [-0.1, -0.05) is 54.1 Å². The maximum absolute atomic E-state index is 14.0. The van der Waals surface area contributed by atoms with Crippen LogP contribution in [-0.2, 0) is 12.4 Å². The van der Waals surface area contributed by atoms with Gasteiger partial charge in [0, 0.05) is 27.1 Å². The zero-order valence-corrected chi connectivity index (χ0v) is 26.6. The van der Waals surface area contributed by atoms with E-state index in [0.717, 1.165) is 51.6 Å². The third-order valence-corrected chi connectivity index (χ3v) is 9.36. The van der Waals surface area contributed by atoms with E-state index in [4.69, 9.17) is 0 Å². The fourth-order valence-corrected chi connectivity index (χ4v) is 7.18. The highest BCUT2D eigenvalue weighted by Gasteiger charge is 2.33. The van der Waals surface area contributed by atoms with Crippen molar-refractivity contribution < 1.29 is 26.3 Å². The van der Waals surface area contributed by atoms with Crippen molar-refractivity contribution in [2.24, 2.45) is 0 Å². The second kappa shape index (κ2) is 11.0. The van der Waals surface area contributed by atoms with E-state index in [2.05, 4.69) is 12.1 Å². The number of aromatic nitrogens is 2. The van der Waals surface area contributed by atoms with E-state index in [-0.39, 0.29) is 5.56 Å². The molecule has 0 amide bonds. The van der Waals surface area contributed by atoms with Crippen LogP contribution in [0.2, 0.25) is 0 Å². The molecule has 0 unspecified atom stereocenters. The molecule has 0 bridgehead atoms. The van der Waals surface area contributed by atoms with Crippen LogP contribution in [0.5, 0.6) is 0 Å². The highest BCUT2D eigenvalue weighted by molar-refractivity contribution is 6.12. The molecule has 0 spiro atoms. The Morgan fingerprint density at radius 2 is 1.00 bits per heavy atom. The molecule has 3 nitrogen and oxygen atoms in total. The topological polar surface area (TPSA) is 33.6 Å². The second-order valence-electron chi connectivity index (χ2n) is 12.5. The molecule has 6 aromatic carbocycles. The van der Waals surface area contributed by atoms with E-state index < -0.39 is 23.5 Å². The third-order valence-electron chi connectivity index (χ3n) is 9.36. The predicted molar refractivity (Wildman–Crippen MR) is 185 cm³/mol. The van der Waals surface area contributed by atoms with Crippen molar-refractivity contribution in [1.29, 1.82) is 5.26 Å². The summed E-state index contributed by atoms with van der Waals surface area (Å²) in [5.41, 5.74) is 4.65. The van der Waals surface area contributed by atoms with E-state index in [9.17, 15) is 31.6 Å². The van der Waals surface area contributed by atoms with Gasteiger partial charge in [0.25, 0.3) is 0 Å². The van der Waals surface area contributed by atoms with Crippen LogP contribution in [0.3, 0.4) is 0 Å². The van der Waals surface area contributed by atoms with Crippen molar-refractivity contribution in [2.75, 3.05) is 0 Å². The highest BCUT2D eigenvalue weighted by Crippen LogP contribution is 2.45. The molecule has 0 aliphatic heterocycles. The number of fused-ring (bicyclic) bond motifs is 6. The minimum Gasteiger partial charge on any atom is -0.308 e. The lowest BCUT2D eigenvalue weighted by molar-refractivity contribution is -0.138. The Morgan fingerprint density at radius 1 is 0.520 bits per heavy atom. The number of halogens is 6. The molecule has 0 saturated heterocycles. The maximum atomic E-state index is 14.0. The smallest absolute Gasteiger partial charge is 0.308 e. The van der Waals surface area contributed by atoms with Crippen LogP contribution in [0, 0.1) is 25.2 Å². The van der Waals surface area contributed by atoms with Gasteiger partial charge in [-0.2, -0.15) is 31.6 Å². The van der Waals surface area contributed by atoms with E-state index in [0.29, 0.717) is 49.9 Å².